The lowest BCUT2D eigenvalue weighted by atomic mass is 9.82. The van der Waals surface area contributed by atoms with Crippen molar-refractivity contribution in [3.05, 3.63) is 93.7 Å². The third kappa shape index (κ3) is 3.38. The summed E-state index contributed by atoms with van der Waals surface area (Å²) in [5.74, 6) is 0.0885. The minimum absolute atomic E-state index is 0.0453. The lowest BCUT2D eigenvalue weighted by molar-refractivity contribution is -0.123. The molecule has 1 amide bonds. The fourth-order valence-corrected chi connectivity index (χ4v) is 4.49. The summed E-state index contributed by atoms with van der Waals surface area (Å²) in [6, 6.07) is 22.7. The maximum atomic E-state index is 13.1. The monoisotopic (exact) mass is 347 g/mol. The lowest BCUT2D eigenvalue weighted by Crippen LogP contribution is -2.34. The van der Waals surface area contributed by atoms with Gasteiger partial charge < -0.3 is 5.32 Å². The van der Waals surface area contributed by atoms with Gasteiger partial charge in [-0.25, -0.2) is 0 Å². The van der Waals surface area contributed by atoms with Crippen molar-refractivity contribution in [2.45, 2.75) is 31.2 Å². The van der Waals surface area contributed by atoms with E-state index in [4.69, 9.17) is 0 Å². The summed E-state index contributed by atoms with van der Waals surface area (Å²) in [5.41, 5.74) is 3.65. The first-order valence-corrected chi connectivity index (χ1v) is 9.67. The van der Waals surface area contributed by atoms with Crippen LogP contribution in [-0.4, -0.2) is 5.91 Å². The zero-order chi connectivity index (χ0) is 17.1. The molecule has 3 aromatic rings. The molecule has 0 bridgehead atoms. The Balaban J connectivity index is 1.62. The summed E-state index contributed by atoms with van der Waals surface area (Å²) in [6.07, 6.45) is 3.08. The summed E-state index contributed by atoms with van der Waals surface area (Å²) >= 11 is 1.69. The molecule has 0 saturated heterocycles. The van der Waals surface area contributed by atoms with Gasteiger partial charge in [0.15, 0.2) is 0 Å². The topological polar surface area (TPSA) is 29.1 Å². The largest absolute Gasteiger partial charge is 0.344 e. The van der Waals surface area contributed by atoms with Crippen molar-refractivity contribution in [2.24, 2.45) is 0 Å². The van der Waals surface area contributed by atoms with Gasteiger partial charge in [0.25, 0.3) is 0 Å². The van der Waals surface area contributed by atoms with Crippen molar-refractivity contribution >= 4 is 17.2 Å². The molecule has 1 heterocycles. The number of hydrogen-bond acceptors (Lipinski definition) is 2. The van der Waals surface area contributed by atoms with E-state index in [1.54, 1.807) is 11.3 Å². The molecule has 4 rings (SSSR count). The average Bonchev–Trinajstić information content (AvgIpc) is 3.20. The summed E-state index contributed by atoms with van der Waals surface area (Å²) in [6.45, 7) is 0. The predicted octanol–water partition coefficient (Wildman–Crippen LogP) is 5.07. The first kappa shape index (κ1) is 16.1. The fourth-order valence-electron chi connectivity index (χ4n) is 3.69. The molecule has 0 spiro atoms. The number of benzene rings is 2. The fraction of sp³-hybridized carbons (Fsp3) is 0.227. The molecule has 2 atom stereocenters. The molecule has 126 valence electrons. The maximum Gasteiger partial charge on any atom is 0.228 e. The predicted molar refractivity (Wildman–Crippen MR) is 103 cm³/mol. The van der Waals surface area contributed by atoms with Crippen LogP contribution in [0.2, 0.25) is 0 Å². The molecule has 1 aliphatic rings. The summed E-state index contributed by atoms with van der Waals surface area (Å²) < 4.78 is 0. The smallest absolute Gasteiger partial charge is 0.228 e. The van der Waals surface area contributed by atoms with Crippen LogP contribution in [0.25, 0.3) is 0 Å². The number of nitrogens with one attached hydrogen (secondary N) is 1. The van der Waals surface area contributed by atoms with Crippen LogP contribution in [0.1, 0.15) is 46.4 Å². The molecule has 2 aromatic carbocycles. The van der Waals surface area contributed by atoms with E-state index in [2.05, 4.69) is 47.1 Å². The van der Waals surface area contributed by atoms with Crippen LogP contribution in [0.15, 0.2) is 72.1 Å². The van der Waals surface area contributed by atoms with Crippen LogP contribution in [0.4, 0.5) is 0 Å². The van der Waals surface area contributed by atoms with Crippen molar-refractivity contribution in [3.8, 4) is 0 Å². The third-order valence-electron chi connectivity index (χ3n) is 4.93. The second kappa shape index (κ2) is 7.24. The van der Waals surface area contributed by atoms with Crippen LogP contribution in [0.5, 0.6) is 0 Å². The highest BCUT2D eigenvalue weighted by Gasteiger charge is 2.28. The quantitative estimate of drug-likeness (QED) is 0.701. The molecule has 2 nitrogen and oxygen atoms in total. The Morgan fingerprint density at radius 1 is 1.00 bits per heavy atom. The van der Waals surface area contributed by atoms with E-state index < -0.39 is 0 Å². The zero-order valence-corrected chi connectivity index (χ0v) is 14.8. The van der Waals surface area contributed by atoms with Gasteiger partial charge in [-0.15, -0.1) is 11.3 Å². The van der Waals surface area contributed by atoms with Crippen molar-refractivity contribution in [3.63, 3.8) is 0 Å². The van der Waals surface area contributed by atoms with Gasteiger partial charge in [0, 0.05) is 4.88 Å². The molecule has 0 saturated carbocycles. The van der Waals surface area contributed by atoms with Gasteiger partial charge in [-0.2, -0.15) is 0 Å². The first-order chi connectivity index (χ1) is 12.3. The second-order valence-electron chi connectivity index (χ2n) is 6.51. The minimum Gasteiger partial charge on any atom is -0.344 e. The van der Waals surface area contributed by atoms with Crippen molar-refractivity contribution in [2.75, 3.05) is 0 Å². The molecule has 1 N–H and O–H groups in total. The van der Waals surface area contributed by atoms with Crippen molar-refractivity contribution < 1.29 is 4.79 Å². The van der Waals surface area contributed by atoms with E-state index in [1.165, 1.54) is 16.0 Å². The first-order valence-electron chi connectivity index (χ1n) is 8.79. The second-order valence-corrected chi connectivity index (χ2v) is 7.49. The highest BCUT2D eigenvalue weighted by molar-refractivity contribution is 7.10. The van der Waals surface area contributed by atoms with Crippen LogP contribution in [-0.2, 0) is 11.2 Å². The van der Waals surface area contributed by atoms with E-state index in [0.29, 0.717) is 0 Å². The third-order valence-corrected chi connectivity index (χ3v) is 5.87. The summed E-state index contributed by atoms with van der Waals surface area (Å²) in [4.78, 5) is 14.3. The van der Waals surface area contributed by atoms with E-state index in [9.17, 15) is 4.79 Å². The van der Waals surface area contributed by atoms with Gasteiger partial charge in [0.05, 0.1) is 12.0 Å². The minimum atomic E-state index is -0.0808. The number of fused-ring (bicyclic) bond motifs is 1. The Morgan fingerprint density at radius 3 is 2.60 bits per heavy atom. The Labute approximate surface area is 152 Å². The van der Waals surface area contributed by atoms with Crippen LogP contribution < -0.4 is 5.32 Å². The van der Waals surface area contributed by atoms with Crippen LogP contribution in [0, 0.1) is 0 Å². The van der Waals surface area contributed by atoms with Gasteiger partial charge in [-0.05, 0) is 47.4 Å². The molecule has 3 heteroatoms. The molecule has 25 heavy (non-hydrogen) atoms. The van der Waals surface area contributed by atoms with E-state index >= 15 is 0 Å². The van der Waals surface area contributed by atoms with E-state index in [-0.39, 0.29) is 17.9 Å². The zero-order valence-electron chi connectivity index (χ0n) is 14.0. The Hall–Kier alpha value is -2.39. The number of amides is 1. The van der Waals surface area contributed by atoms with Crippen LogP contribution >= 0.6 is 11.3 Å². The van der Waals surface area contributed by atoms with E-state index in [0.717, 1.165) is 24.8 Å². The summed E-state index contributed by atoms with van der Waals surface area (Å²) in [7, 11) is 0. The lowest BCUT2D eigenvalue weighted by Gasteiger charge is -2.27. The molecule has 1 aliphatic carbocycles. The Kier molecular flexibility index (Phi) is 4.66. The number of hydrogen-bond donors (Lipinski definition) is 1. The van der Waals surface area contributed by atoms with Crippen LogP contribution in [0.3, 0.4) is 0 Å². The van der Waals surface area contributed by atoms with Crippen molar-refractivity contribution in [1.82, 2.24) is 5.32 Å². The number of aryl methyl sites for hydroxylation is 1. The van der Waals surface area contributed by atoms with Gasteiger partial charge in [-0.1, -0.05) is 60.7 Å². The number of rotatable bonds is 4. The number of thiophene rings is 1. The molecule has 0 unspecified atom stereocenters. The van der Waals surface area contributed by atoms with Gasteiger partial charge in [0.1, 0.15) is 0 Å². The molecule has 0 radical (unpaired) electrons. The van der Waals surface area contributed by atoms with Gasteiger partial charge >= 0.3 is 0 Å². The van der Waals surface area contributed by atoms with Gasteiger partial charge in [-0.3, -0.25) is 4.79 Å². The highest BCUT2D eigenvalue weighted by atomic mass is 32.1. The molecular formula is C22H21NOS. The number of carbonyl (C=O) groups excluding carboxylic acids is 1. The Bertz CT molecular complexity index is 841. The van der Waals surface area contributed by atoms with Crippen molar-refractivity contribution in [1.29, 1.82) is 0 Å². The average molecular weight is 347 g/mol. The molecule has 0 fully saturated rings. The normalized spacial score (nSPS) is 17.5. The standard InChI is InChI=1S/C22H21NOS/c24-22(19-13-6-11-16-8-4-5-12-18(16)19)23-21(20-14-7-15-25-20)17-9-2-1-3-10-17/h1-5,7-10,12,14-15,19,21H,6,11,13H2,(H,23,24)/t19-,21+/m0/s1. The summed E-state index contributed by atoms with van der Waals surface area (Å²) in [5, 5.41) is 5.38. The molecule has 0 aliphatic heterocycles. The Morgan fingerprint density at radius 2 is 1.80 bits per heavy atom. The number of carbonyl (C=O) groups is 1. The maximum absolute atomic E-state index is 13.1. The SMILES string of the molecule is O=C(N[C@H](c1ccccc1)c1cccs1)[C@H]1CCCc2ccccc21. The van der Waals surface area contributed by atoms with Gasteiger partial charge in [0.2, 0.25) is 5.91 Å². The van der Waals surface area contributed by atoms with E-state index in [1.807, 2.05) is 30.3 Å². The molecule has 1 aromatic heterocycles. The highest BCUT2D eigenvalue weighted by Crippen LogP contribution is 2.33. The molecular weight excluding hydrogens is 326 g/mol.